The summed E-state index contributed by atoms with van der Waals surface area (Å²) in [6, 6.07) is 0.536. The molecule has 144 valence electrons. The van der Waals surface area contributed by atoms with Gasteiger partial charge in [0.2, 0.25) is 6.16 Å². The Labute approximate surface area is 167 Å². The Morgan fingerprint density at radius 1 is 1.00 bits per heavy atom. The van der Waals surface area contributed by atoms with E-state index in [1.165, 1.54) is 32.1 Å². The van der Waals surface area contributed by atoms with E-state index in [0.29, 0.717) is 6.04 Å². The van der Waals surface area contributed by atoms with Gasteiger partial charge in [-0.2, -0.15) is 0 Å². The normalized spacial score (nSPS) is 18.6. The van der Waals surface area contributed by atoms with Gasteiger partial charge in [-0.05, 0) is 12.8 Å². The van der Waals surface area contributed by atoms with Crippen LogP contribution in [0.25, 0.3) is 0 Å². The first-order valence-electron chi connectivity index (χ1n) is 7.26. The summed E-state index contributed by atoms with van der Waals surface area (Å²) in [6.07, 6.45) is -3.26. The van der Waals surface area contributed by atoms with Crippen molar-refractivity contribution in [3.8, 4) is 0 Å². The maximum absolute atomic E-state index is 10.1. The van der Waals surface area contributed by atoms with Crippen molar-refractivity contribution in [1.29, 1.82) is 0 Å². The minimum Gasteiger partial charge on any atom is -0.565 e. The molecule has 0 heterocycles. The summed E-state index contributed by atoms with van der Waals surface area (Å²) >= 11 is 0. The van der Waals surface area contributed by atoms with Gasteiger partial charge in [-0.1, -0.05) is 19.3 Å². The third-order valence-electron chi connectivity index (χ3n) is 3.16. The summed E-state index contributed by atoms with van der Waals surface area (Å²) in [4.78, 5) is 18.5. The molecule has 4 unspecified atom stereocenters. The summed E-state index contributed by atoms with van der Waals surface area (Å²) in [5, 5.41) is 67.1. The van der Waals surface area contributed by atoms with Gasteiger partial charge in [0, 0.05) is 6.04 Å². The summed E-state index contributed by atoms with van der Waals surface area (Å²) in [7, 11) is 0. The van der Waals surface area contributed by atoms with Crippen LogP contribution in [0.3, 0.4) is 0 Å². The van der Waals surface area contributed by atoms with Gasteiger partial charge >= 0.3 is 35.5 Å². The standard InChI is InChI=1S/C6H13N.C6H12O7.CH2O3.Na/c7-6-4-2-1-3-5-6;7-1-2(8)3(9)4(10)5(11)6(12)13;2-1(3)4;/h6H,1-5,7H2;2-5,7-11H,1H2,(H,12,13);(H2,2,3,4);/q;;;+1/p-1. The molecule has 11 nitrogen and oxygen atoms in total. The van der Waals surface area contributed by atoms with Crippen molar-refractivity contribution >= 4 is 12.1 Å². The van der Waals surface area contributed by atoms with E-state index in [0.717, 1.165) is 0 Å². The molecule has 0 bridgehead atoms. The fourth-order valence-corrected chi connectivity index (χ4v) is 1.80. The van der Waals surface area contributed by atoms with Crippen LogP contribution in [0, 0.1) is 0 Å². The van der Waals surface area contributed by atoms with Crippen LogP contribution in [0.15, 0.2) is 0 Å². The Morgan fingerprint density at radius 2 is 1.40 bits per heavy atom. The van der Waals surface area contributed by atoms with Gasteiger partial charge in [0.15, 0.2) is 6.10 Å². The average molecular weight is 379 g/mol. The van der Waals surface area contributed by atoms with Crippen molar-refractivity contribution < 1.29 is 80.0 Å². The minimum absolute atomic E-state index is 0. The van der Waals surface area contributed by atoms with E-state index in [4.69, 9.17) is 51.4 Å². The smallest absolute Gasteiger partial charge is 0.565 e. The Morgan fingerprint density at radius 3 is 1.64 bits per heavy atom. The number of aliphatic hydroxyl groups is 5. The number of hydrogen-bond acceptors (Lipinski definition) is 9. The maximum Gasteiger partial charge on any atom is 1.00 e. The Balaban J connectivity index is -0.000000337. The number of carboxylic acid groups (broad SMARTS) is 3. The second kappa shape index (κ2) is 16.9. The van der Waals surface area contributed by atoms with Gasteiger partial charge in [0.1, 0.15) is 18.3 Å². The molecule has 9 N–H and O–H groups in total. The molecule has 1 saturated carbocycles. The molecule has 1 rings (SSSR count). The first kappa shape index (κ1) is 29.3. The van der Waals surface area contributed by atoms with E-state index >= 15 is 0 Å². The number of carbonyl (C=O) groups is 2. The fraction of sp³-hybridized carbons (Fsp3) is 0.846. The molecule has 1 aliphatic rings. The van der Waals surface area contributed by atoms with Crippen LogP contribution < -0.4 is 40.4 Å². The fourth-order valence-electron chi connectivity index (χ4n) is 1.80. The molecule has 0 amide bonds. The Hall–Kier alpha value is -0.500. The van der Waals surface area contributed by atoms with Crippen molar-refractivity contribution in [1.82, 2.24) is 0 Å². The summed E-state index contributed by atoms with van der Waals surface area (Å²) in [5.74, 6) is -1.73. The quantitative estimate of drug-likeness (QED) is 0.210. The summed E-state index contributed by atoms with van der Waals surface area (Å²) in [6.45, 7) is -0.843. The monoisotopic (exact) mass is 379 g/mol. The molecule has 25 heavy (non-hydrogen) atoms. The number of aliphatic hydroxyl groups excluding tert-OH is 5. The molecule has 0 spiro atoms. The van der Waals surface area contributed by atoms with E-state index < -0.39 is 43.1 Å². The van der Waals surface area contributed by atoms with Crippen LogP contribution in [-0.2, 0) is 4.79 Å². The maximum atomic E-state index is 10.1. The average Bonchev–Trinajstić information content (AvgIpc) is 2.52. The molecule has 0 aromatic heterocycles. The van der Waals surface area contributed by atoms with Crippen LogP contribution in [-0.4, -0.2) is 84.9 Å². The number of hydrogen-bond donors (Lipinski definition) is 8. The Kier molecular flexibility index (Phi) is 19.8. The third-order valence-corrected chi connectivity index (χ3v) is 3.16. The van der Waals surface area contributed by atoms with Crippen LogP contribution in [0.2, 0.25) is 0 Å². The SMILES string of the molecule is NC1CCCCC1.O=C(O)C(O)C(O)C(O)C(O)CO.O=C([O-])O.[Na+]. The van der Waals surface area contributed by atoms with Crippen molar-refractivity contribution in [3.63, 3.8) is 0 Å². The predicted molar refractivity (Wildman–Crippen MR) is 77.8 cm³/mol. The van der Waals surface area contributed by atoms with E-state index in [1.807, 2.05) is 0 Å². The molecule has 0 aromatic rings. The summed E-state index contributed by atoms with van der Waals surface area (Å²) < 4.78 is 0. The van der Waals surface area contributed by atoms with Gasteiger partial charge in [-0.25, -0.2) is 4.79 Å². The van der Waals surface area contributed by atoms with E-state index in [9.17, 15) is 4.79 Å². The van der Waals surface area contributed by atoms with Crippen LogP contribution in [0.1, 0.15) is 32.1 Å². The topological polar surface area (TPSA) is 225 Å². The van der Waals surface area contributed by atoms with E-state index in [1.54, 1.807) is 0 Å². The number of carboxylic acids is 1. The number of nitrogens with two attached hydrogens (primary N) is 1. The second-order valence-electron chi connectivity index (χ2n) is 5.18. The molecular weight excluding hydrogens is 353 g/mol. The van der Waals surface area contributed by atoms with Gasteiger partial charge < -0.3 is 51.4 Å². The van der Waals surface area contributed by atoms with Crippen LogP contribution >= 0.6 is 0 Å². The molecular formula is C13H26NNaO10. The molecule has 4 atom stereocenters. The largest absolute Gasteiger partial charge is 1.00 e. The van der Waals surface area contributed by atoms with Crippen molar-refractivity contribution in [2.75, 3.05) is 6.61 Å². The first-order valence-corrected chi connectivity index (χ1v) is 7.26. The molecule has 12 heteroatoms. The summed E-state index contributed by atoms with van der Waals surface area (Å²) in [5.41, 5.74) is 5.63. The molecule has 0 saturated heterocycles. The number of rotatable bonds is 5. The zero-order chi connectivity index (χ0) is 19.3. The minimum atomic E-state index is -2.20. The molecule has 1 aliphatic carbocycles. The van der Waals surface area contributed by atoms with Crippen molar-refractivity contribution in [3.05, 3.63) is 0 Å². The van der Waals surface area contributed by atoms with Gasteiger partial charge in [0.25, 0.3) is 0 Å². The van der Waals surface area contributed by atoms with Gasteiger partial charge in [-0.3, -0.25) is 0 Å². The van der Waals surface area contributed by atoms with E-state index in [-0.39, 0.29) is 29.6 Å². The van der Waals surface area contributed by atoms with E-state index in [2.05, 4.69) is 0 Å². The van der Waals surface area contributed by atoms with Crippen LogP contribution in [0.5, 0.6) is 0 Å². The molecule has 0 aromatic carbocycles. The van der Waals surface area contributed by atoms with Crippen LogP contribution in [0.4, 0.5) is 4.79 Å². The van der Waals surface area contributed by atoms with Crippen molar-refractivity contribution in [2.24, 2.45) is 5.73 Å². The molecule has 0 radical (unpaired) electrons. The predicted octanol–water partition coefficient (Wildman–Crippen LogP) is -6.32. The zero-order valence-electron chi connectivity index (χ0n) is 14.1. The molecule has 0 aliphatic heterocycles. The van der Waals surface area contributed by atoms with Gasteiger partial charge in [-0.15, -0.1) is 0 Å². The Bertz CT molecular complexity index is 350. The first-order chi connectivity index (χ1) is 11.0. The molecule has 1 fully saturated rings. The number of aliphatic carboxylic acids is 1. The van der Waals surface area contributed by atoms with Crippen molar-refractivity contribution in [2.45, 2.75) is 62.6 Å². The van der Waals surface area contributed by atoms with Gasteiger partial charge in [0.05, 0.1) is 6.61 Å². The second-order valence-corrected chi connectivity index (χ2v) is 5.18. The third kappa shape index (κ3) is 16.7. The zero-order valence-corrected chi connectivity index (χ0v) is 16.1.